The van der Waals surface area contributed by atoms with Crippen molar-refractivity contribution >= 4 is 15.9 Å². The Balaban J connectivity index is 1.31. The summed E-state index contributed by atoms with van der Waals surface area (Å²) >= 11 is 0. The van der Waals surface area contributed by atoms with Crippen molar-refractivity contribution in [1.82, 2.24) is 24.6 Å². The van der Waals surface area contributed by atoms with Crippen LogP contribution in [0, 0.1) is 19.8 Å². The summed E-state index contributed by atoms with van der Waals surface area (Å²) in [6.45, 7) is 4.06. The smallest absolute Gasteiger partial charge is 0.266 e. The third-order valence-corrected chi connectivity index (χ3v) is 7.80. The third-order valence-electron chi connectivity index (χ3n) is 5.65. The van der Waals surface area contributed by atoms with Crippen molar-refractivity contribution in [2.24, 2.45) is 5.92 Å². The van der Waals surface area contributed by atoms with Gasteiger partial charge in [-0.1, -0.05) is 5.16 Å². The fourth-order valence-electron chi connectivity index (χ4n) is 3.92. The van der Waals surface area contributed by atoms with Gasteiger partial charge in [-0.2, -0.15) is 9.40 Å². The zero-order chi connectivity index (χ0) is 23.6. The average molecular weight is 476 g/mol. The van der Waals surface area contributed by atoms with Crippen molar-refractivity contribution in [1.29, 1.82) is 0 Å². The fraction of sp³-hybridized carbons (Fsp3) is 0.429. The van der Waals surface area contributed by atoms with E-state index >= 15 is 0 Å². The molecule has 0 saturated carbocycles. The first kappa shape index (κ1) is 22.9. The van der Waals surface area contributed by atoms with Crippen molar-refractivity contribution < 1.29 is 22.2 Å². The number of sulfonamides is 1. The first-order chi connectivity index (χ1) is 15.8. The highest BCUT2D eigenvalue weighted by atomic mass is 32.2. The van der Waals surface area contributed by atoms with Gasteiger partial charge in [-0.15, -0.1) is 0 Å². The molecule has 11 nitrogen and oxygen atoms in total. The highest BCUT2D eigenvalue weighted by Gasteiger charge is 2.35. The van der Waals surface area contributed by atoms with Crippen molar-refractivity contribution in [3.05, 3.63) is 52.3 Å². The summed E-state index contributed by atoms with van der Waals surface area (Å²) in [6.07, 6.45) is 2.33. The number of furan rings is 1. The molecule has 176 valence electrons. The van der Waals surface area contributed by atoms with Gasteiger partial charge in [0.05, 0.1) is 12.8 Å². The lowest BCUT2D eigenvalue weighted by Crippen LogP contribution is -2.43. The van der Waals surface area contributed by atoms with Gasteiger partial charge in [0.1, 0.15) is 16.3 Å². The van der Waals surface area contributed by atoms with E-state index in [9.17, 15) is 18.0 Å². The molecule has 4 rings (SSSR count). The summed E-state index contributed by atoms with van der Waals surface area (Å²) in [5, 5.41) is 10.8. The lowest BCUT2D eigenvalue weighted by atomic mass is 9.97. The molecule has 1 aliphatic heterocycles. The Morgan fingerprint density at radius 1 is 1.21 bits per heavy atom. The van der Waals surface area contributed by atoms with E-state index in [0.29, 0.717) is 30.0 Å². The number of hydrogen-bond acceptors (Lipinski definition) is 8. The molecule has 0 aliphatic carbocycles. The van der Waals surface area contributed by atoms with E-state index in [4.69, 9.17) is 8.94 Å². The maximum Gasteiger partial charge on any atom is 0.266 e. The molecule has 0 bridgehead atoms. The second kappa shape index (κ2) is 9.32. The SMILES string of the molecule is Cc1noc(C)c1S(=O)(=O)N1CCC(C(=O)NCCn2nc(-c3ccco3)ccc2=O)CC1. The molecule has 3 aromatic heterocycles. The Bertz CT molecular complexity index is 1270. The van der Waals surface area contributed by atoms with Crippen molar-refractivity contribution in [2.75, 3.05) is 19.6 Å². The maximum absolute atomic E-state index is 12.9. The molecule has 1 saturated heterocycles. The Kier molecular flexibility index (Phi) is 6.47. The Labute approximate surface area is 190 Å². The molecule has 33 heavy (non-hydrogen) atoms. The van der Waals surface area contributed by atoms with Gasteiger partial charge in [0.25, 0.3) is 5.56 Å². The van der Waals surface area contributed by atoms with E-state index < -0.39 is 10.0 Å². The van der Waals surface area contributed by atoms with E-state index in [0.717, 1.165) is 0 Å². The largest absolute Gasteiger partial charge is 0.463 e. The number of carbonyl (C=O) groups excluding carboxylic acids is 1. The summed E-state index contributed by atoms with van der Waals surface area (Å²) in [7, 11) is -3.72. The molecule has 1 aliphatic rings. The van der Waals surface area contributed by atoms with Gasteiger partial charge in [0.15, 0.2) is 11.5 Å². The zero-order valence-electron chi connectivity index (χ0n) is 18.4. The molecular weight excluding hydrogens is 450 g/mol. The molecule has 0 atom stereocenters. The van der Waals surface area contributed by atoms with E-state index in [1.54, 1.807) is 32.0 Å². The fourth-order valence-corrected chi connectivity index (χ4v) is 5.69. The van der Waals surface area contributed by atoms with Crippen LogP contribution in [0.15, 0.2) is 49.2 Å². The van der Waals surface area contributed by atoms with E-state index in [1.807, 2.05) is 0 Å². The molecule has 1 N–H and O–H groups in total. The van der Waals surface area contributed by atoms with E-state index in [2.05, 4.69) is 15.6 Å². The van der Waals surface area contributed by atoms with Gasteiger partial charge < -0.3 is 14.3 Å². The number of aryl methyl sites for hydroxylation is 2. The predicted octanol–water partition coefficient (Wildman–Crippen LogP) is 1.33. The van der Waals surface area contributed by atoms with Gasteiger partial charge in [-0.05, 0) is 44.9 Å². The lowest BCUT2D eigenvalue weighted by Gasteiger charge is -2.30. The van der Waals surface area contributed by atoms with Gasteiger partial charge in [-0.3, -0.25) is 9.59 Å². The quantitative estimate of drug-likeness (QED) is 0.540. The van der Waals surface area contributed by atoms with Gasteiger partial charge in [0.2, 0.25) is 15.9 Å². The van der Waals surface area contributed by atoms with Gasteiger partial charge in [0, 0.05) is 31.6 Å². The number of nitrogens with zero attached hydrogens (tertiary/aromatic N) is 4. The first-order valence-electron chi connectivity index (χ1n) is 10.6. The van der Waals surface area contributed by atoms with E-state index in [1.165, 1.54) is 21.3 Å². The summed E-state index contributed by atoms with van der Waals surface area (Å²) in [5.74, 6) is 0.332. The highest BCUT2D eigenvalue weighted by Crippen LogP contribution is 2.27. The number of hydrogen-bond donors (Lipinski definition) is 1. The van der Waals surface area contributed by atoms with Gasteiger partial charge in [-0.25, -0.2) is 13.1 Å². The summed E-state index contributed by atoms with van der Waals surface area (Å²) in [5.41, 5.74) is 0.572. The summed E-state index contributed by atoms with van der Waals surface area (Å²) in [6, 6.07) is 6.47. The van der Waals surface area contributed by atoms with Crippen LogP contribution in [0.2, 0.25) is 0 Å². The van der Waals surface area contributed by atoms with Crippen molar-refractivity contribution in [2.45, 2.75) is 38.1 Å². The topological polar surface area (TPSA) is 141 Å². The van der Waals surface area contributed by atoms with Crippen molar-refractivity contribution in [3.63, 3.8) is 0 Å². The number of carbonyl (C=O) groups is 1. The molecule has 0 spiro atoms. The Hall–Kier alpha value is -3.25. The normalized spacial score (nSPS) is 15.6. The molecule has 4 heterocycles. The minimum absolute atomic E-state index is 0.0973. The lowest BCUT2D eigenvalue weighted by molar-refractivity contribution is -0.126. The van der Waals surface area contributed by atoms with Crippen LogP contribution in [0.4, 0.5) is 0 Å². The van der Waals surface area contributed by atoms with Crippen LogP contribution in [0.3, 0.4) is 0 Å². The van der Waals surface area contributed by atoms with Crippen LogP contribution in [0.25, 0.3) is 11.5 Å². The van der Waals surface area contributed by atoms with Crippen LogP contribution < -0.4 is 10.9 Å². The number of amides is 1. The predicted molar refractivity (Wildman–Crippen MR) is 117 cm³/mol. The molecule has 0 radical (unpaired) electrons. The molecule has 1 fully saturated rings. The minimum Gasteiger partial charge on any atom is -0.463 e. The number of nitrogens with one attached hydrogen (secondary N) is 1. The summed E-state index contributed by atoms with van der Waals surface area (Å²) in [4.78, 5) is 24.8. The molecule has 0 aromatic carbocycles. The first-order valence-corrected chi connectivity index (χ1v) is 12.0. The standard InChI is InChI=1S/C21H25N5O6S/c1-14-20(15(2)32-24-14)33(29,30)25-10-7-16(8-11-25)21(28)22-9-12-26-19(27)6-5-17(23-26)18-4-3-13-31-18/h3-6,13,16H,7-12H2,1-2H3,(H,22,28). The molecule has 0 unspecified atom stereocenters. The van der Waals surface area contributed by atoms with Crippen LogP contribution in [-0.4, -0.2) is 53.2 Å². The minimum atomic E-state index is -3.72. The Morgan fingerprint density at radius 2 is 1.97 bits per heavy atom. The highest BCUT2D eigenvalue weighted by molar-refractivity contribution is 7.89. The number of aromatic nitrogens is 3. The second-order valence-electron chi connectivity index (χ2n) is 7.88. The van der Waals surface area contributed by atoms with Gasteiger partial charge >= 0.3 is 0 Å². The second-order valence-corrected chi connectivity index (χ2v) is 9.75. The average Bonchev–Trinajstić information content (AvgIpc) is 3.45. The van der Waals surface area contributed by atoms with Crippen LogP contribution in [-0.2, 0) is 21.4 Å². The zero-order valence-corrected chi connectivity index (χ0v) is 19.2. The van der Waals surface area contributed by atoms with Crippen LogP contribution >= 0.6 is 0 Å². The van der Waals surface area contributed by atoms with Crippen molar-refractivity contribution in [3.8, 4) is 11.5 Å². The third kappa shape index (κ3) is 4.76. The monoisotopic (exact) mass is 475 g/mol. The maximum atomic E-state index is 12.9. The molecular formula is C21H25N5O6S. The number of rotatable bonds is 7. The molecule has 3 aromatic rings. The summed E-state index contributed by atoms with van der Waals surface area (Å²) < 4.78 is 38.8. The van der Waals surface area contributed by atoms with E-state index in [-0.39, 0.29) is 54.2 Å². The Morgan fingerprint density at radius 3 is 2.61 bits per heavy atom. The number of piperidine rings is 1. The molecule has 1 amide bonds. The molecule has 12 heteroatoms. The van der Waals surface area contributed by atoms with Crippen LogP contribution in [0.1, 0.15) is 24.3 Å². The van der Waals surface area contributed by atoms with Crippen LogP contribution in [0.5, 0.6) is 0 Å².